The molecule has 0 aliphatic carbocycles. The van der Waals surface area contributed by atoms with Crippen LogP contribution in [-0.2, 0) is 13.8 Å². The first-order valence-electron chi connectivity index (χ1n) is 10.3. The zero-order chi connectivity index (χ0) is 22.3. The molecule has 0 aromatic carbocycles. The van der Waals surface area contributed by atoms with Gasteiger partial charge in [-0.25, -0.2) is 9.97 Å². The molecule has 168 valence electrons. The third-order valence-electron chi connectivity index (χ3n) is 5.39. The lowest BCUT2D eigenvalue weighted by Gasteiger charge is -2.27. The standard InChI is InChI=1S/C19H31N4O5PS/c1-5-13(6-2)29(26)28-19(4,7-3)8-9-27-18(14(25)10-24)23-12-22-15-16(23)20-11-21-17(15)30/h11-14,18,24-25H,5-10H2,1-4H3/p+1/t14-,18?,19?/m1/s1. The first-order valence-corrected chi connectivity index (χ1v) is 11.9. The van der Waals surface area contributed by atoms with Gasteiger partial charge in [-0.2, -0.15) is 0 Å². The lowest BCUT2D eigenvalue weighted by molar-refractivity contribution is -0.105. The maximum absolute atomic E-state index is 12.6. The lowest BCUT2D eigenvalue weighted by Crippen LogP contribution is -2.33. The zero-order valence-corrected chi connectivity index (χ0v) is 19.7. The Bertz CT molecular complexity index is 887. The topological polar surface area (TPSA) is 122 Å². The first-order chi connectivity index (χ1) is 14.3. The minimum Gasteiger partial charge on any atom is -0.394 e. The van der Waals surface area contributed by atoms with Crippen molar-refractivity contribution in [1.82, 2.24) is 19.5 Å². The molecule has 30 heavy (non-hydrogen) atoms. The summed E-state index contributed by atoms with van der Waals surface area (Å²) in [5, 5.41) is 19.8. The molecule has 0 aliphatic rings. The Morgan fingerprint density at radius 3 is 2.63 bits per heavy atom. The van der Waals surface area contributed by atoms with Crippen LogP contribution in [0.4, 0.5) is 0 Å². The lowest BCUT2D eigenvalue weighted by atomic mass is 10.0. The van der Waals surface area contributed by atoms with Gasteiger partial charge in [0.25, 0.3) is 0 Å². The van der Waals surface area contributed by atoms with Crippen LogP contribution in [0.3, 0.4) is 0 Å². The Hall–Kier alpha value is -1.29. The number of hydrogen-bond acceptors (Lipinski definition) is 8. The van der Waals surface area contributed by atoms with Gasteiger partial charge in [0.1, 0.15) is 22.9 Å². The van der Waals surface area contributed by atoms with E-state index in [0.717, 1.165) is 12.8 Å². The third kappa shape index (κ3) is 5.90. The van der Waals surface area contributed by atoms with Crippen molar-refractivity contribution in [2.75, 3.05) is 13.2 Å². The van der Waals surface area contributed by atoms with E-state index >= 15 is 0 Å². The highest BCUT2D eigenvalue weighted by molar-refractivity contribution is 7.71. The Balaban J connectivity index is 2.13. The van der Waals surface area contributed by atoms with Gasteiger partial charge >= 0.3 is 8.03 Å². The van der Waals surface area contributed by atoms with E-state index in [-0.39, 0.29) is 12.3 Å². The van der Waals surface area contributed by atoms with Crippen molar-refractivity contribution >= 4 is 31.4 Å². The predicted octanol–water partition coefficient (Wildman–Crippen LogP) is 3.86. The van der Waals surface area contributed by atoms with Crippen LogP contribution < -0.4 is 0 Å². The fraction of sp³-hybridized carbons (Fsp3) is 0.737. The summed E-state index contributed by atoms with van der Waals surface area (Å²) in [7, 11) is -1.78. The number of nitrogens with zero attached hydrogens (tertiary/aromatic N) is 3. The maximum Gasteiger partial charge on any atom is 0.511 e. The number of nitrogens with one attached hydrogen (secondary N) is 1. The molecule has 3 unspecified atom stereocenters. The van der Waals surface area contributed by atoms with Gasteiger partial charge in [-0.3, -0.25) is 4.57 Å². The molecule has 0 amide bonds. The van der Waals surface area contributed by atoms with Gasteiger partial charge in [-0.05, 0) is 30.8 Å². The molecule has 2 heterocycles. The molecule has 9 nitrogen and oxygen atoms in total. The summed E-state index contributed by atoms with van der Waals surface area (Å²) in [4.78, 5) is 11.2. The van der Waals surface area contributed by atoms with E-state index in [9.17, 15) is 14.8 Å². The Kier molecular flexibility index (Phi) is 9.46. The van der Waals surface area contributed by atoms with Gasteiger partial charge in [0.05, 0.1) is 25.9 Å². The van der Waals surface area contributed by atoms with Crippen molar-refractivity contribution in [3.05, 3.63) is 17.3 Å². The normalized spacial score (nSPS) is 16.6. The second-order valence-corrected chi connectivity index (χ2v) is 9.34. The van der Waals surface area contributed by atoms with Crippen molar-refractivity contribution in [2.45, 2.75) is 77.0 Å². The molecule has 0 bridgehead atoms. The number of hydrogen-bond donors (Lipinski definition) is 3. The van der Waals surface area contributed by atoms with Gasteiger partial charge in [-0.1, -0.05) is 33.0 Å². The number of imidazole rings is 1. The van der Waals surface area contributed by atoms with Crippen LogP contribution in [0.5, 0.6) is 0 Å². The van der Waals surface area contributed by atoms with Gasteiger partial charge in [0.15, 0.2) is 16.5 Å². The molecule has 0 aliphatic heterocycles. The van der Waals surface area contributed by atoms with E-state index in [1.54, 1.807) is 4.57 Å². The molecule has 2 aromatic rings. The highest BCUT2D eigenvalue weighted by Crippen LogP contribution is 2.41. The van der Waals surface area contributed by atoms with E-state index in [1.807, 2.05) is 27.7 Å². The summed E-state index contributed by atoms with van der Waals surface area (Å²) in [5.41, 5.74) is 0.435. The Morgan fingerprint density at radius 2 is 2.03 bits per heavy atom. The second kappa shape index (κ2) is 11.4. The van der Waals surface area contributed by atoms with Crippen LogP contribution in [0.2, 0.25) is 0 Å². The monoisotopic (exact) mass is 459 g/mol. The van der Waals surface area contributed by atoms with E-state index in [2.05, 4.69) is 15.0 Å². The van der Waals surface area contributed by atoms with E-state index in [4.69, 9.17) is 21.5 Å². The molecule has 2 aromatic heterocycles. The minimum absolute atomic E-state index is 0.0322. The number of rotatable bonds is 13. The van der Waals surface area contributed by atoms with Crippen LogP contribution in [0.1, 0.15) is 59.6 Å². The van der Waals surface area contributed by atoms with E-state index < -0.39 is 32.6 Å². The highest BCUT2D eigenvalue weighted by Gasteiger charge is 2.39. The summed E-state index contributed by atoms with van der Waals surface area (Å²) in [6.45, 7) is 7.65. The number of aromatic amines is 1. The van der Waals surface area contributed by atoms with Gasteiger partial charge in [-0.15, -0.1) is 4.52 Å². The van der Waals surface area contributed by atoms with Crippen molar-refractivity contribution in [3.8, 4) is 0 Å². The van der Waals surface area contributed by atoms with Gasteiger partial charge in [0.2, 0.25) is 0 Å². The summed E-state index contributed by atoms with van der Waals surface area (Å²) < 4.78 is 26.4. The molecule has 0 saturated carbocycles. The summed E-state index contributed by atoms with van der Waals surface area (Å²) >= 11 is 5.18. The minimum atomic E-state index is -1.78. The van der Waals surface area contributed by atoms with E-state index in [0.29, 0.717) is 28.6 Å². The SMILES string of the molecule is CCC(CC)[P+](=O)OC(C)(CC)CCOC([C@H](O)CO)n1cnc2c(=S)nc[nH]c21. The van der Waals surface area contributed by atoms with Crippen LogP contribution in [-0.4, -0.2) is 60.3 Å². The highest BCUT2D eigenvalue weighted by atomic mass is 32.1. The summed E-state index contributed by atoms with van der Waals surface area (Å²) in [5.74, 6) is 0. The number of fused-ring (bicyclic) bond motifs is 1. The van der Waals surface area contributed by atoms with Crippen molar-refractivity contribution in [1.29, 1.82) is 0 Å². The number of aromatic nitrogens is 4. The Labute approximate surface area is 182 Å². The second-order valence-electron chi connectivity index (χ2n) is 7.47. The summed E-state index contributed by atoms with van der Waals surface area (Å²) in [6.07, 6.45) is 3.62. The molecule has 11 heteroatoms. The molecular formula is C19H32N4O5PS+. The Morgan fingerprint density at radius 1 is 1.33 bits per heavy atom. The van der Waals surface area contributed by atoms with Crippen molar-refractivity contribution in [3.63, 3.8) is 0 Å². The molecule has 4 atom stereocenters. The maximum atomic E-state index is 12.6. The fourth-order valence-corrected chi connectivity index (χ4v) is 4.70. The molecular weight excluding hydrogens is 427 g/mol. The fourth-order valence-electron chi connectivity index (χ4n) is 3.09. The van der Waals surface area contributed by atoms with Crippen LogP contribution in [0.25, 0.3) is 11.2 Å². The van der Waals surface area contributed by atoms with Crippen LogP contribution in [0, 0.1) is 4.64 Å². The molecule has 0 fully saturated rings. The largest absolute Gasteiger partial charge is 0.511 e. The first kappa shape index (κ1) is 25.0. The number of ether oxygens (including phenoxy) is 1. The average molecular weight is 460 g/mol. The van der Waals surface area contributed by atoms with Crippen molar-refractivity contribution in [2.24, 2.45) is 0 Å². The van der Waals surface area contributed by atoms with Crippen LogP contribution >= 0.6 is 20.2 Å². The molecule has 0 spiro atoms. The summed E-state index contributed by atoms with van der Waals surface area (Å²) in [6, 6.07) is 0. The van der Waals surface area contributed by atoms with Gasteiger partial charge in [0, 0.05) is 6.42 Å². The molecule has 0 radical (unpaired) electrons. The van der Waals surface area contributed by atoms with Gasteiger partial charge < -0.3 is 19.9 Å². The quantitative estimate of drug-likeness (QED) is 0.305. The third-order valence-corrected chi connectivity index (χ3v) is 7.63. The molecule has 2 rings (SSSR count). The average Bonchev–Trinajstić information content (AvgIpc) is 3.16. The number of aliphatic hydroxyl groups is 2. The zero-order valence-electron chi connectivity index (χ0n) is 17.9. The predicted molar refractivity (Wildman–Crippen MR) is 117 cm³/mol. The van der Waals surface area contributed by atoms with Crippen LogP contribution in [0.15, 0.2) is 12.7 Å². The van der Waals surface area contributed by atoms with Crippen molar-refractivity contribution < 1.29 is 24.0 Å². The molecule has 0 saturated heterocycles. The number of aliphatic hydroxyl groups excluding tert-OH is 2. The number of H-pyrrole nitrogens is 1. The van der Waals surface area contributed by atoms with E-state index in [1.165, 1.54) is 12.7 Å². The molecule has 3 N–H and O–H groups in total. The smallest absolute Gasteiger partial charge is 0.394 e.